The Morgan fingerprint density at radius 3 is 2.68 bits per heavy atom. The molecule has 0 saturated heterocycles. The molecule has 1 aromatic heterocycles. The van der Waals surface area contributed by atoms with Crippen LogP contribution in [-0.4, -0.2) is 23.6 Å². The molecule has 0 unspecified atom stereocenters. The van der Waals surface area contributed by atoms with E-state index >= 15 is 0 Å². The monoisotopic (exact) mass is 332 g/mol. The maximum Gasteiger partial charge on any atom is 0.222 e. The number of fused-ring (bicyclic) bond motifs is 1. The van der Waals surface area contributed by atoms with E-state index in [9.17, 15) is 0 Å². The van der Waals surface area contributed by atoms with Gasteiger partial charge in [0.1, 0.15) is 11.6 Å². The lowest BCUT2D eigenvalue weighted by Gasteiger charge is -2.30. The van der Waals surface area contributed by atoms with E-state index in [-0.39, 0.29) is 5.95 Å². The van der Waals surface area contributed by atoms with Crippen LogP contribution in [0.15, 0.2) is 54.6 Å². The van der Waals surface area contributed by atoms with E-state index in [2.05, 4.69) is 39.1 Å². The maximum absolute atomic E-state index is 5.99. The zero-order valence-corrected chi connectivity index (χ0v) is 14.1. The highest BCUT2D eigenvalue weighted by molar-refractivity contribution is 5.66. The topological polar surface area (TPSA) is 64.3 Å². The van der Waals surface area contributed by atoms with Gasteiger partial charge in [0.05, 0.1) is 12.8 Å². The van der Waals surface area contributed by atoms with Crippen molar-refractivity contribution in [3.63, 3.8) is 0 Å². The molecule has 1 aliphatic rings. The molecular weight excluding hydrogens is 312 g/mol. The molecule has 3 aromatic rings. The van der Waals surface area contributed by atoms with Gasteiger partial charge in [-0.1, -0.05) is 36.4 Å². The Kier molecular flexibility index (Phi) is 3.98. The number of nitrogens with zero attached hydrogens (tertiary/aromatic N) is 3. The lowest BCUT2D eigenvalue weighted by Crippen LogP contribution is -2.31. The van der Waals surface area contributed by atoms with E-state index in [0.29, 0.717) is 0 Å². The van der Waals surface area contributed by atoms with Crippen LogP contribution in [0, 0.1) is 0 Å². The molecule has 0 radical (unpaired) electrons. The van der Waals surface area contributed by atoms with Crippen LogP contribution in [0.3, 0.4) is 0 Å². The molecule has 5 nitrogen and oxygen atoms in total. The first kappa shape index (κ1) is 15.4. The van der Waals surface area contributed by atoms with Crippen molar-refractivity contribution < 1.29 is 4.74 Å². The second-order valence-corrected chi connectivity index (χ2v) is 6.14. The summed E-state index contributed by atoms with van der Waals surface area (Å²) in [5, 5.41) is 0. The fourth-order valence-electron chi connectivity index (χ4n) is 3.24. The Hall–Kier alpha value is -3.08. The molecular formula is C20H20N4O. The molecule has 0 saturated carbocycles. The highest BCUT2D eigenvalue weighted by Crippen LogP contribution is 2.28. The van der Waals surface area contributed by atoms with Crippen molar-refractivity contribution in [2.75, 3.05) is 24.3 Å². The summed E-state index contributed by atoms with van der Waals surface area (Å²) in [5.41, 5.74) is 10.5. The summed E-state index contributed by atoms with van der Waals surface area (Å²) in [6.45, 7) is 1.76. The van der Waals surface area contributed by atoms with Crippen molar-refractivity contribution in [3.05, 3.63) is 65.7 Å². The van der Waals surface area contributed by atoms with Gasteiger partial charge in [-0.2, -0.15) is 4.98 Å². The summed E-state index contributed by atoms with van der Waals surface area (Å²) in [7, 11) is 1.66. The molecule has 0 amide bonds. The van der Waals surface area contributed by atoms with E-state index in [1.54, 1.807) is 7.11 Å². The second kappa shape index (κ2) is 6.43. The predicted octanol–water partition coefficient (Wildman–Crippen LogP) is 3.30. The average Bonchev–Trinajstić information content (AvgIpc) is 2.67. The summed E-state index contributed by atoms with van der Waals surface area (Å²) in [6, 6.07) is 18.4. The van der Waals surface area contributed by atoms with E-state index in [0.717, 1.165) is 42.3 Å². The van der Waals surface area contributed by atoms with Gasteiger partial charge >= 0.3 is 0 Å². The average molecular weight is 332 g/mol. The van der Waals surface area contributed by atoms with E-state index in [4.69, 9.17) is 10.5 Å². The number of nitrogens with two attached hydrogens (primary N) is 1. The number of hydrogen-bond donors (Lipinski definition) is 1. The Balaban J connectivity index is 1.68. The molecule has 4 rings (SSSR count). The summed E-state index contributed by atoms with van der Waals surface area (Å²) < 4.78 is 5.31. The van der Waals surface area contributed by atoms with E-state index in [1.165, 1.54) is 11.1 Å². The molecule has 0 aliphatic carbocycles. The minimum Gasteiger partial charge on any atom is -0.497 e. The molecule has 25 heavy (non-hydrogen) atoms. The van der Waals surface area contributed by atoms with Gasteiger partial charge in [0.15, 0.2) is 0 Å². The van der Waals surface area contributed by atoms with Gasteiger partial charge in [0, 0.05) is 24.7 Å². The second-order valence-electron chi connectivity index (χ2n) is 6.14. The van der Waals surface area contributed by atoms with Crippen molar-refractivity contribution in [1.82, 2.24) is 9.97 Å². The molecule has 1 aliphatic heterocycles. The fourth-order valence-corrected chi connectivity index (χ4v) is 3.24. The SMILES string of the molecule is COc1cccc(-c2cc(N3CCc4ccccc4C3)nc(N)n2)c1. The van der Waals surface area contributed by atoms with E-state index in [1.807, 2.05) is 30.3 Å². The number of ether oxygens (including phenoxy) is 1. The third kappa shape index (κ3) is 3.13. The van der Waals surface area contributed by atoms with Crippen LogP contribution in [0.25, 0.3) is 11.3 Å². The number of nitrogen functional groups attached to an aromatic ring is 1. The molecule has 2 aromatic carbocycles. The number of anilines is 2. The van der Waals surface area contributed by atoms with Crippen molar-refractivity contribution >= 4 is 11.8 Å². The van der Waals surface area contributed by atoms with Crippen LogP contribution < -0.4 is 15.4 Å². The van der Waals surface area contributed by atoms with Crippen LogP contribution in [0.1, 0.15) is 11.1 Å². The largest absolute Gasteiger partial charge is 0.497 e. The zero-order valence-electron chi connectivity index (χ0n) is 14.1. The normalized spacial score (nSPS) is 13.4. The maximum atomic E-state index is 5.99. The van der Waals surface area contributed by atoms with Crippen LogP contribution in [0.5, 0.6) is 5.75 Å². The molecule has 2 heterocycles. The van der Waals surface area contributed by atoms with E-state index < -0.39 is 0 Å². The lowest BCUT2D eigenvalue weighted by molar-refractivity contribution is 0.415. The third-order valence-electron chi connectivity index (χ3n) is 4.55. The zero-order chi connectivity index (χ0) is 17.2. The third-order valence-corrected chi connectivity index (χ3v) is 4.55. The molecule has 5 heteroatoms. The highest BCUT2D eigenvalue weighted by atomic mass is 16.5. The summed E-state index contributed by atoms with van der Waals surface area (Å²) >= 11 is 0. The quantitative estimate of drug-likeness (QED) is 0.797. The lowest BCUT2D eigenvalue weighted by atomic mass is 10.00. The molecule has 0 atom stereocenters. The summed E-state index contributed by atoms with van der Waals surface area (Å²) in [6.07, 6.45) is 1.01. The number of hydrogen-bond acceptors (Lipinski definition) is 5. The molecule has 0 bridgehead atoms. The summed E-state index contributed by atoms with van der Waals surface area (Å²) in [5.74, 6) is 1.94. The van der Waals surface area contributed by atoms with Crippen LogP contribution in [0.4, 0.5) is 11.8 Å². The number of methoxy groups -OCH3 is 1. The molecule has 0 spiro atoms. The van der Waals surface area contributed by atoms with Gasteiger partial charge in [-0.25, -0.2) is 4.98 Å². The van der Waals surface area contributed by atoms with Crippen LogP contribution in [-0.2, 0) is 13.0 Å². The Morgan fingerprint density at radius 2 is 1.84 bits per heavy atom. The fraction of sp³-hybridized carbons (Fsp3) is 0.200. The number of aromatic nitrogens is 2. The first-order valence-electron chi connectivity index (χ1n) is 8.33. The number of rotatable bonds is 3. The number of benzene rings is 2. The Bertz CT molecular complexity index is 910. The molecule has 2 N–H and O–H groups in total. The molecule has 0 fully saturated rings. The van der Waals surface area contributed by atoms with Crippen molar-refractivity contribution in [1.29, 1.82) is 0 Å². The highest BCUT2D eigenvalue weighted by Gasteiger charge is 2.18. The minimum absolute atomic E-state index is 0.286. The standard InChI is InChI=1S/C20H20N4O/c1-25-17-8-4-7-15(11-17)18-12-19(23-20(21)22-18)24-10-9-14-5-2-3-6-16(14)13-24/h2-8,11-12H,9-10,13H2,1H3,(H2,21,22,23). The Morgan fingerprint density at radius 1 is 1.00 bits per heavy atom. The first-order chi connectivity index (χ1) is 12.2. The van der Waals surface area contributed by atoms with Gasteiger partial charge < -0.3 is 15.4 Å². The van der Waals surface area contributed by atoms with Crippen LogP contribution >= 0.6 is 0 Å². The van der Waals surface area contributed by atoms with Gasteiger partial charge in [0.25, 0.3) is 0 Å². The Labute approximate surface area is 147 Å². The minimum atomic E-state index is 0.286. The van der Waals surface area contributed by atoms with Crippen molar-refractivity contribution in [2.24, 2.45) is 0 Å². The van der Waals surface area contributed by atoms with Crippen molar-refractivity contribution in [3.8, 4) is 17.0 Å². The van der Waals surface area contributed by atoms with Crippen molar-refractivity contribution in [2.45, 2.75) is 13.0 Å². The van der Waals surface area contributed by atoms with Crippen LogP contribution in [0.2, 0.25) is 0 Å². The molecule has 126 valence electrons. The first-order valence-corrected chi connectivity index (χ1v) is 8.33. The van der Waals surface area contributed by atoms with Gasteiger partial charge in [-0.3, -0.25) is 0 Å². The van der Waals surface area contributed by atoms with Gasteiger partial charge in [-0.15, -0.1) is 0 Å². The smallest absolute Gasteiger partial charge is 0.222 e. The van der Waals surface area contributed by atoms with Gasteiger partial charge in [-0.05, 0) is 29.7 Å². The predicted molar refractivity (Wildman–Crippen MR) is 99.6 cm³/mol. The summed E-state index contributed by atoms with van der Waals surface area (Å²) in [4.78, 5) is 11.1. The van der Waals surface area contributed by atoms with Gasteiger partial charge in [0.2, 0.25) is 5.95 Å².